The zero-order valence-electron chi connectivity index (χ0n) is 33.7. The molecule has 0 radical (unpaired) electrons. The third kappa shape index (κ3) is 5.78. The highest BCUT2D eigenvalue weighted by atomic mass is 15.2. The fraction of sp³-hybridized carbons (Fsp3) is 0.0175. The molecule has 292 valence electrons. The largest absolute Gasteiger partial charge is 0.344 e. The highest BCUT2D eigenvalue weighted by molar-refractivity contribution is 6.25. The molecule has 1 aliphatic heterocycles. The molecule has 1 aliphatic rings. The molecule has 2 aromatic heterocycles. The van der Waals surface area contributed by atoms with Crippen molar-refractivity contribution < 1.29 is 0 Å². The number of para-hydroxylation sites is 3. The summed E-state index contributed by atoms with van der Waals surface area (Å²) in [5, 5.41) is 8.63. The molecule has 5 heteroatoms. The molecule has 1 atom stereocenters. The van der Waals surface area contributed by atoms with Crippen molar-refractivity contribution in [2.24, 2.45) is 9.98 Å². The van der Waals surface area contributed by atoms with Crippen molar-refractivity contribution in [3.8, 4) is 33.6 Å². The maximum Gasteiger partial charge on any atom is 0.159 e. The highest BCUT2D eigenvalue weighted by Crippen LogP contribution is 2.47. The van der Waals surface area contributed by atoms with E-state index in [2.05, 4.69) is 215 Å². The van der Waals surface area contributed by atoms with Crippen molar-refractivity contribution in [3.63, 3.8) is 0 Å². The SMILES string of the molecule is c1ccc(C2=NC(c3ccccc3-n3c4cccc(-c5ccccc5)c4c4c(-c5cccc6c5c5ccccc5n6-c5ccccc5)cccc43)NC(c3ccccc3)=N2)cc1. The highest BCUT2D eigenvalue weighted by Gasteiger charge is 2.27. The number of hydrogen-bond donors (Lipinski definition) is 1. The van der Waals surface area contributed by atoms with Crippen molar-refractivity contribution in [2.75, 3.05) is 0 Å². The minimum Gasteiger partial charge on any atom is -0.344 e. The van der Waals surface area contributed by atoms with Crippen LogP contribution in [0.2, 0.25) is 0 Å². The topological polar surface area (TPSA) is 46.6 Å². The summed E-state index contributed by atoms with van der Waals surface area (Å²) in [6.45, 7) is 0. The molecule has 0 aliphatic carbocycles. The normalized spacial score (nSPS) is 14.0. The molecule has 0 saturated carbocycles. The van der Waals surface area contributed by atoms with Gasteiger partial charge in [0, 0.05) is 43.9 Å². The predicted octanol–water partition coefficient (Wildman–Crippen LogP) is 13.7. The van der Waals surface area contributed by atoms with E-state index in [0.717, 1.165) is 44.9 Å². The lowest BCUT2D eigenvalue weighted by atomic mass is 9.92. The number of aromatic nitrogens is 2. The van der Waals surface area contributed by atoms with Gasteiger partial charge in [0.15, 0.2) is 5.84 Å². The lowest BCUT2D eigenvalue weighted by Crippen LogP contribution is -2.34. The molecule has 62 heavy (non-hydrogen) atoms. The molecule has 1 N–H and O–H groups in total. The molecule has 9 aromatic carbocycles. The summed E-state index contributed by atoms with van der Waals surface area (Å²) in [7, 11) is 0. The van der Waals surface area contributed by atoms with Crippen LogP contribution in [0.15, 0.2) is 234 Å². The van der Waals surface area contributed by atoms with Gasteiger partial charge in [-0.25, -0.2) is 9.98 Å². The fourth-order valence-corrected chi connectivity index (χ4v) is 9.54. The quantitative estimate of drug-likeness (QED) is 0.172. The second-order valence-electron chi connectivity index (χ2n) is 15.7. The Morgan fingerprint density at radius 1 is 0.371 bits per heavy atom. The van der Waals surface area contributed by atoms with Crippen molar-refractivity contribution in [1.29, 1.82) is 0 Å². The molecular formula is C57H39N5. The molecule has 0 bridgehead atoms. The number of hydrogen-bond acceptors (Lipinski definition) is 3. The van der Waals surface area contributed by atoms with Crippen molar-refractivity contribution >= 4 is 55.3 Å². The van der Waals surface area contributed by atoms with E-state index in [1.165, 1.54) is 54.8 Å². The van der Waals surface area contributed by atoms with Crippen LogP contribution in [-0.4, -0.2) is 20.8 Å². The van der Waals surface area contributed by atoms with Gasteiger partial charge in [0.25, 0.3) is 0 Å². The number of nitrogens with zero attached hydrogens (tertiary/aromatic N) is 4. The Bertz CT molecular complexity index is 3530. The molecule has 1 unspecified atom stereocenters. The fourth-order valence-electron chi connectivity index (χ4n) is 9.54. The molecule has 12 rings (SSSR count). The molecule has 3 heterocycles. The van der Waals surface area contributed by atoms with E-state index < -0.39 is 6.17 Å². The van der Waals surface area contributed by atoms with Crippen LogP contribution in [0.1, 0.15) is 22.9 Å². The zero-order chi connectivity index (χ0) is 41.0. The maximum absolute atomic E-state index is 5.35. The lowest BCUT2D eigenvalue weighted by Gasteiger charge is -2.26. The number of benzene rings is 9. The van der Waals surface area contributed by atoms with Crippen LogP contribution >= 0.6 is 0 Å². The number of amidine groups is 2. The van der Waals surface area contributed by atoms with Gasteiger partial charge in [-0.05, 0) is 64.7 Å². The average molecular weight is 794 g/mol. The smallest absolute Gasteiger partial charge is 0.159 e. The molecule has 0 spiro atoms. The van der Waals surface area contributed by atoms with E-state index in [9.17, 15) is 0 Å². The van der Waals surface area contributed by atoms with Gasteiger partial charge in [-0.2, -0.15) is 0 Å². The van der Waals surface area contributed by atoms with Crippen molar-refractivity contribution in [3.05, 3.63) is 241 Å². The zero-order valence-corrected chi connectivity index (χ0v) is 33.7. The van der Waals surface area contributed by atoms with Crippen LogP contribution in [0.25, 0.3) is 77.2 Å². The summed E-state index contributed by atoms with van der Waals surface area (Å²) in [5.74, 6) is 1.49. The third-order valence-corrected chi connectivity index (χ3v) is 12.2. The van der Waals surface area contributed by atoms with Gasteiger partial charge in [0.05, 0.1) is 27.8 Å². The predicted molar refractivity (Wildman–Crippen MR) is 258 cm³/mol. The number of fused-ring (bicyclic) bond motifs is 6. The number of rotatable bonds is 7. The van der Waals surface area contributed by atoms with Gasteiger partial charge < -0.3 is 14.5 Å². The average Bonchev–Trinajstić information content (AvgIpc) is 3.88. The summed E-state index contributed by atoms with van der Waals surface area (Å²) in [4.78, 5) is 10.4. The second kappa shape index (κ2) is 14.8. The Hall–Kier alpha value is -8.28. The molecular weight excluding hydrogens is 755 g/mol. The first-order valence-electron chi connectivity index (χ1n) is 21.1. The van der Waals surface area contributed by atoms with Crippen molar-refractivity contribution in [1.82, 2.24) is 14.5 Å². The van der Waals surface area contributed by atoms with Crippen LogP contribution in [0.5, 0.6) is 0 Å². The third-order valence-electron chi connectivity index (χ3n) is 12.2. The van der Waals surface area contributed by atoms with E-state index in [1.807, 2.05) is 24.3 Å². The van der Waals surface area contributed by atoms with Crippen molar-refractivity contribution in [2.45, 2.75) is 6.17 Å². The Kier molecular flexibility index (Phi) is 8.49. The molecule has 0 amide bonds. The van der Waals surface area contributed by atoms with Gasteiger partial charge >= 0.3 is 0 Å². The first-order valence-corrected chi connectivity index (χ1v) is 21.1. The summed E-state index contributed by atoms with van der Waals surface area (Å²) in [6, 6.07) is 79.9. The Balaban J connectivity index is 1.14. The van der Waals surface area contributed by atoms with Crippen LogP contribution < -0.4 is 5.32 Å². The summed E-state index contributed by atoms with van der Waals surface area (Å²) < 4.78 is 4.86. The van der Waals surface area contributed by atoms with Gasteiger partial charge in [-0.15, -0.1) is 0 Å². The van der Waals surface area contributed by atoms with E-state index in [0.29, 0.717) is 5.84 Å². The van der Waals surface area contributed by atoms with Gasteiger partial charge in [0.1, 0.15) is 12.0 Å². The second-order valence-corrected chi connectivity index (χ2v) is 15.7. The van der Waals surface area contributed by atoms with Gasteiger partial charge in [-0.1, -0.05) is 182 Å². The van der Waals surface area contributed by atoms with Gasteiger partial charge in [-0.3, -0.25) is 0 Å². The standard InChI is InChI=1S/C57H39N5/c1-5-20-38(21-6-1)42-30-17-36-50-53(42)54-44(43-31-18-35-49-52(43)45-28-13-15-33-47(45)61(49)41-26-11-4-12-27-41)32-19-37-51(54)62(50)48-34-16-14-29-46(48)57-59-55(39-22-7-2-8-23-39)58-56(60-57)40-24-9-3-10-25-40/h1-37,57H,(H,58,59,60). The summed E-state index contributed by atoms with van der Waals surface area (Å²) >= 11 is 0. The molecule has 0 saturated heterocycles. The van der Waals surface area contributed by atoms with E-state index in [1.54, 1.807) is 0 Å². The van der Waals surface area contributed by atoms with E-state index >= 15 is 0 Å². The van der Waals surface area contributed by atoms with Gasteiger partial charge in [0.2, 0.25) is 0 Å². The van der Waals surface area contributed by atoms with Crippen LogP contribution in [-0.2, 0) is 0 Å². The first-order chi connectivity index (χ1) is 30.8. The molecule has 5 nitrogen and oxygen atoms in total. The Labute approximate surface area is 359 Å². The molecule has 0 fully saturated rings. The Morgan fingerprint density at radius 2 is 0.871 bits per heavy atom. The molecule has 11 aromatic rings. The summed E-state index contributed by atoms with van der Waals surface area (Å²) in [6.07, 6.45) is -0.417. The van der Waals surface area contributed by atoms with E-state index in [4.69, 9.17) is 9.98 Å². The van der Waals surface area contributed by atoms with E-state index in [-0.39, 0.29) is 0 Å². The minimum atomic E-state index is -0.417. The Morgan fingerprint density at radius 3 is 1.56 bits per heavy atom. The number of nitrogens with one attached hydrogen (secondary N) is 1. The minimum absolute atomic E-state index is 0.417. The maximum atomic E-state index is 5.35. The van der Waals surface area contributed by atoms with Crippen LogP contribution in [0.3, 0.4) is 0 Å². The van der Waals surface area contributed by atoms with Crippen LogP contribution in [0.4, 0.5) is 0 Å². The number of aliphatic imine (C=N–C) groups is 2. The summed E-state index contributed by atoms with van der Waals surface area (Å²) in [5.41, 5.74) is 14.6. The lowest BCUT2D eigenvalue weighted by molar-refractivity contribution is 0.670. The first kappa shape index (κ1) is 35.6. The monoisotopic (exact) mass is 793 g/mol. The van der Waals surface area contributed by atoms with Crippen LogP contribution in [0, 0.1) is 0 Å².